The summed E-state index contributed by atoms with van der Waals surface area (Å²) >= 11 is 6.63. The molecule has 0 radical (unpaired) electrons. The van der Waals surface area contributed by atoms with Crippen LogP contribution in [0.1, 0.15) is 5.76 Å². The quantitative estimate of drug-likeness (QED) is 0.165. The van der Waals surface area contributed by atoms with Crippen LogP contribution in [0.15, 0.2) is 95.9 Å². The number of aromatic nitrogens is 3. The van der Waals surface area contributed by atoms with Gasteiger partial charge in [0.05, 0.1) is 22.8 Å². The molecule has 0 aliphatic heterocycles. The molecule has 11 heteroatoms. The molecule has 212 valence electrons. The first-order valence-electron chi connectivity index (χ1n) is 13.1. The predicted octanol–water partition coefficient (Wildman–Crippen LogP) is 6.76. The van der Waals surface area contributed by atoms with Gasteiger partial charge in [-0.05, 0) is 66.0 Å². The molecular weight excluding hydrogens is 574 g/mol. The highest BCUT2D eigenvalue weighted by atomic mass is 35.5. The molecule has 0 spiro atoms. The lowest BCUT2D eigenvalue weighted by Crippen LogP contribution is -2.21. The van der Waals surface area contributed by atoms with Crippen LogP contribution >= 0.6 is 11.6 Å². The van der Waals surface area contributed by atoms with Gasteiger partial charge in [-0.15, -0.1) is 0 Å². The fraction of sp³-hybridized carbons (Fsp3) is 0.129. The van der Waals surface area contributed by atoms with E-state index in [2.05, 4.69) is 25.6 Å². The molecule has 6 aromatic rings. The Kier molecular flexibility index (Phi) is 7.75. The lowest BCUT2D eigenvalue weighted by molar-refractivity contribution is 0.488. The normalized spacial score (nSPS) is 11.7. The minimum atomic E-state index is -3.02. The standard InChI is InChI=1S/C31H26ClN5O4S/c1-42(38,39)14-13-34-17-23-7-10-28(40-23)21-5-8-27-24(15-21)31(36-19-35-27)37-22-6-9-30(26(32)16-22)41-29-4-2-3-20-11-12-33-18-25(20)29/h2-12,15-16,18-19,34H,13-14,17H2,1H3,(H,35,36,37). The third kappa shape index (κ3) is 6.36. The highest BCUT2D eigenvalue weighted by molar-refractivity contribution is 7.90. The van der Waals surface area contributed by atoms with E-state index in [9.17, 15) is 8.42 Å². The first kappa shape index (κ1) is 27.6. The summed E-state index contributed by atoms with van der Waals surface area (Å²) in [7, 11) is -3.02. The van der Waals surface area contributed by atoms with Gasteiger partial charge in [0.2, 0.25) is 0 Å². The molecule has 0 saturated heterocycles. The summed E-state index contributed by atoms with van der Waals surface area (Å²) in [5, 5.41) is 9.61. The van der Waals surface area contributed by atoms with Gasteiger partial charge in [0.15, 0.2) is 0 Å². The van der Waals surface area contributed by atoms with Crippen molar-refractivity contribution in [1.82, 2.24) is 20.3 Å². The van der Waals surface area contributed by atoms with E-state index in [0.717, 1.165) is 32.9 Å². The fourth-order valence-electron chi connectivity index (χ4n) is 4.50. The molecule has 0 aliphatic carbocycles. The van der Waals surface area contributed by atoms with E-state index < -0.39 is 9.84 Å². The molecule has 6 rings (SSSR count). The third-order valence-electron chi connectivity index (χ3n) is 6.59. The number of furan rings is 1. The summed E-state index contributed by atoms with van der Waals surface area (Å²) < 4.78 is 34.8. The SMILES string of the molecule is CS(=O)(=O)CCNCc1ccc(-c2ccc3ncnc(Nc4ccc(Oc5cccc6ccncc56)c(Cl)c4)c3c2)o1. The monoisotopic (exact) mass is 599 g/mol. The second kappa shape index (κ2) is 11.8. The summed E-state index contributed by atoms with van der Waals surface area (Å²) in [4.78, 5) is 13.1. The van der Waals surface area contributed by atoms with Gasteiger partial charge in [-0.1, -0.05) is 23.7 Å². The molecule has 0 bridgehead atoms. The Balaban J connectivity index is 1.20. The van der Waals surface area contributed by atoms with E-state index in [1.54, 1.807) is 18.5 Å². The topological polar surface area (TPSA) is 119 Å². The van der Waals surface area contributed by atoms with Gasteiger partial charge in [-0.3, -0.25) is 4.98 Å². The van der Waals surface area contributed by atoms with Crippen LogP contribution in [0.3, 0.4) is 0 Å². The Morgan fingerprint density at radius 2 is 1.86 bits per heavy atom. The molecule has 3 aromatic carbocycles. The van der Waals surface area contributed by atoms with Crippen LogP contribution in [0.5, 0.6) is 11.5 Å². The Labute approximate surface area is 247 Å². The number of benzene rings is 3. The second-order valence-electron chi connectivity index (χ2n) is 9.75. The summed E-state index contributed by atoms with van der Waals surface area (Å²) in [5.74, 6) is 3.26. The van der Waals surface area contributed by atoms with Crippen LogP contribution in [0, 0.1) is 0 Å². The number of pyridine rings is 1. The number of halogens is 1. The Morgan fingerprint density at radius 3 is 2.71 bits per heavy atom. The molecule has 0 amide bonds. The molecule has 9 nitrogen and oxygen atoms in total. The molecule has 0 fully saturated rings. The van der Waals surface area contributed by atoms with E-state index in [-0.39, 0.29) is 5.75 Å². The van der Waals surface area contributed by atoms with Gasteiger partial charge in [0.1, 0.15) is 45.0 Å². The van der Waals surface area contributed by atoms with Gasteiger partial charge >= 0.3 is 0 Å². The second-order valence-corrected chi connectivity index (χ2v) is 12.4. The van der Waals surface area contributed by atoms with Crippen LogP contribution < -0.4 is 15.4 Å². The van der Waals surface area contributed by atoms with E-state index in [4.69, 9.17) is 20.8 Å². The number of hydrogen-bond acceptors (Lipinski definition) is 9. The summed E-state index contributed by atoms with van der Waals surface area (Å²) in [5.41, 5.74) is 2.35. The zero-order chi connectivity index (χ0) is 29.1. The largest absolute Gasteiger partial charge is 0.460 e. The maximum Gasteiger partial charge on any atom is 0.148 e. The van der Waals surface area contributed by atoms with Crippen molar-refractivity contribution in [3.8, 4) is 22.8 Å². The first-order valence-corrected chi connectivity index (χ1v) is 15.6. The van der Waals surface area contributed by atoms with Crippen molar-refractivity contribution >= 4 is 54.6 Å². The van der Waals surface area contributed by atoms with Crippen molar-refractivity contribution in [2.24, 2.45) is 0 Å². The average Bonchev–Trinajstić information content (AvgIpc) is 3.45. The third-order valence-corrected chi connectivity index (χ3v) is 7.83. The maximum atomic E-state index is 11.3. The number of ether oxygens (including phenoxy) is 1. The fourth-order valence-corrected chi connectivity index (χ4v) is 5.23. The van der Waals surface area contributed by atoms with E-state index in [0.29, 0.717) is 46.9 Å². The molecule has 2 N–H and O–H groups in total. The minimum absolute atomic E-state index is 0.0733. The van der Waals surface area contributed by atoms with Crippen LogP contribution in [0.2, 0.25) is 5.02 Å². The van der Waals surface area contributed by atoms with Crippen molar-refractivity contribution in [1.29, 1.82) is 0 Å². The highest BCUT2D eigenvalue weighted by Crippen LogP contribution is 2.36. The average molecular weight is 600 g/mol. The number of sulfone groups is 1. The van der Waals surface area contributed by atoms with Crippen molar-refractivity contribution < 1.29 is 17.6 Å². The van der Waals surface area contributed by atoms with E-state index in [1.807, 2.05) is 66.7 Å². The van der Waals surface area contributed by atoms with E-state index in [1.165, 1.54) is 12.6 Å². The van der Waals surface area contributed by atoms with Crippen molar-refractivity contribution in [2.45, 2.75) is 6.54 Å². The van der Waals surface area contributed by atoms with Crippen LogP contribution in [0.25, 0.3) is 33.0 Å². The smallest absolute Gasteiger partial charge is 0.148 e. The summed E-state index contributed by atoms with van der Waals surface area (Å²) in [6, 6.07) is 22.8. The van der Waals surface area contributed by atoms with Gasteiger partial charge in [-0.25, -0.2) is 18.4 Å². The maximum absolute atomic E-state index is 11.3. The van der Waals surface area contributed by atoms with Crippen molar-refractivity contribution in [3.05, 3.63) is 102 Å². The Bertz CT molecular complexity index is 2010. The molecular formula is C31H26ClN5O4S. The minimum Gasteiger partial charge on any atom is -0.460 e. The molecule has 0 atom stereocenters. The lowest BCUT2D eigenvalue weighted by Gasteiger charge is -2.13. The number of nitrogens with zero attached hydrogens (tertiary/aromatic N) is 3. The van der Waals surface area contributed by atoms with Gasteiger partial charge in [-0.2, -0.15) is 0 Å². The highest BCUT2D eigenvalue weighted by Gasteiger charge is 2.12. The molecule has 42 heavy (non-hydrogen) atoms. The molecule has 0 unspecified atom stereocenters. The van der Waals surface area contributed by atoms with Crippen molar-refractivity contribution in [2.75, 3.05) is 23.9 Å². The Morgan fingerprint density at radius 1 is 0.952 bits per heavy atom. The first-order chi connectivity index (χ1) is 20.3. The number of anilines is 2. The predicted molar refractivity (Wildman–Crippen MR) is 165 cm³/mol. The Hall–Kier alpha value is -4.51. The van der Waals surface area contributed by atoms with Crippen LogP contribution in [0.4, 0.5) is 11.5 Å². The number of hydrogen-bond donors (Lipinski definition) is 2. The summed E-state index contributed by atoms with van der Waals surface area (Å²) in [6.07, 6.45) is 6.24. The van der Waals surface area contributed by atoms with Gasteiger partial charge in [0, 0.05) is 47.2 Å². The molecule has 0 aliphatic rings. The number of nitrogens with one attached hydrogen (secondary N) is 2. The van der Waals surface area contributed by atoms with E-state index >= 15 is 0 Å². The van der Waals surface area contributed by atoms with Gasteiger partial charge in [0.25, 0.3) is 0 Å². The molecule has 3 heterocycles. The molecule has 3 aromatic heterocycles. The van der Waals surface area contributed by atoms with Crippen LogP contribution in [-0.2, 0) is 16.4 Å². The lowest BCUT2D eigenvalue weighted by atomic mass is 10.1. The van der Waals surface area contributed by atoms with Gasteiger partial charge < -0.3 is 19.8 Å². The van der Waals surface area contributed by atoms with Crippen LogP contribution in [-0.4, -0.2) is 41.9 Å². The molecule has 0 saturated carbocycles. The number of fused-ring (bicyclic) bond motifs is 2. The summed E-state index contributed by atoms with van der Waals surface area (Å²) in [6.45, 7) is 0.784. The number of rotatable bonds is 10. The zero-order valence-corrected chi connectivity index (χ0v) is 24.1. The van der Waals surface area contributed by atoms with Crippen molar-refractivity contribution in [3.63, 3.8) is 0 Å². The zero-order valence-electron chi connectivity index (χ0n) is 22.5.